The lowest BCUT2D eigenvalue weighted by atomic mass is 10.4. The van der Waals surface area contributed by atoms with Crippen LogP contribution in [0.15, 0.2) is 5.51 Å². The van der Waals surface area contributed by atoms with E-state index in [2.05, 4.69) is 17.2 Å². The highest BCUT2D eigenvalue weighted by Crippen LogP contribution is 2.20. The quantitative estimate of drug-likeness (QED) is 0.813. The van der Waals surface area contributed by atoms with Crippen LogP contribution in [0, 0.1) is 0 Å². The van der Waals surface area contributed by atoms with Crippen molar-refractivity contribution < 1.29 is 9.90 Å². The maximum atomic E-state index is 10.7. The van der Waals surface area contributed by atoms with E-state index in [9.17, 15) is 4.79 Å². The summed E-state index contributed by atoms with van der Waals surface area (Å²) in [5, 5.41) is 13.0. The summed E-state index contributed by atoms with van der Waals surface area (Å²) in [4.78, 5) is 14.5. The normalized spacial score (nSPS) is 12.4. The molecule has 1 unspecified atom stereocenters. The Hall–Kier alpha value is -0.750. The monoisotopic (exact) mass is 232 g/mol. The lowest BCUT2D eigenvalue weighted by Gasteiger charge is -2.09. The van der Waals surface area contributed by atoms with Crippen LogP contribution < -0.4 is 5.32 Å². The smallest absolute Gasteiger partial charge is 0.357 e. The number of hydrogen-bond acceptors (Lipinski definition) is 5. The zero-order valence-corrected chi connectivity index (χ0v) is 9.61. The average Bonchev–Trinajstić information content (AvgIpc) is 2.62. The van der Waals surface area contributed by atoms with E-state index in [0.717, 1.165) is 6.54 Å². The molecule has 1 atom stereocenters. The van der Waals surface area contributed by atoms with Gasteiger partial charge in [0.15, 0.2) is 5.69 Å². The van der Waals surface area contributed by atoms with Crippen LogP contribution >= 0.6 is 23.1 Å². The molecule has 0 fully saturated rings. The van der Waals surface area contributed by atoms with Crippen molar-refractivity contribution in [1.29, 1.82) is 0 Å². The molecule has 0 bridgehead atoms. The van der Waals surface area contributed by atoms with Crippen LogP contribution in [-0.2, 0) is 0 Å². The molecule has 0 aliphatic heterocycles. The van der Waals surface area contributed by atoms with Crippen molar-refractivity contribution in [2.75, 3.05) is 18.1 Å². The van der Waals surface area contributed by atoms with Crippen molar-refractivity contribution in [1.82, 2.24) is 4.98 Å². The first kappa shape index (κ1) is 11.3. The van der Waals surface area contributed by atoms with Gasteiger partial charge in [-0.05, 0) is 6.26 Å². The molecule has 1 aromatic rings. The van der Waals surface area contributed by atoms with Crippen LogP contribution in [-0.4, -0.2) is 34.1 Å². The van der Waals surface area contributed by atoms with Crippen LogP contribution in [0.5, 0.6) is 0 Å². The van der Waals surface area contributed by atoms with Gasteiger partial charge in [-0.25, -0.2) is 9.78 Å². The van der Waals surface area contributed by atoms with E-state index in [1.165, 1.54) is 16.8 Å². The van der Waals surface area contributed by atoms with Crippen molar-refractivity contribution >= 4 is 34.1 Å². The molecule has 0 spiro atoms. The van der Waals surface area contributed by atoms with Gasteiger partial charge in [0.2, 0.25) is 0 Å². The number of aromatic carboxylic acids is 1. The van der Waals surface area contributed by atoms with Crippen molar-refractivity contribution in [3.8, 4) is 0 Å². The standard InChI is InChI=1S/C8H12N2O2S2/c1-5(13-2)3-9-7-6(8(11)12)10-4-14-7/h4-5,9H,3H2,1-2H3,(H,11,12). The molecule has 1 heterocycles. The Morgan fingerprint density at radius 2 is 2.57 bits per heavy atom. The SMILES string of the molecule is CSC(C)CNc1scnc1C(=O)O. The Labute approximate surface area is 90.7 Å². The summed E-state index contributed by atoms with van der Waals surface area (Å²) in [6.45, 7) is 2.84. The van der Waals surface area contributed by atoms with Gasteiger partial charge in [-0.15, -0.1) is 11.3 Å². The Morgan fingerprint density at radius 3 is 3.14 bits per heavy atom. The second-order valence-corrected chi connectivity index (χ2v) is 4.89. The molecule has 0 aromatic carbocycles. The zero-order valence-electron chi connectivity index (χ0n) is 7.98. The molecule has 14 heavy (non-hydrogen) atoms. The number of aromatic nitrogens is 1. The molecular weight excluding hydrogens is 220 g/mol. The van der Waals surface area contributed by atoms with Crippen LogP contribution in [0.1, 0.15) is 17.4 Å². The summed E-state index contributed by atoms with van der Waals surface area (Å²) < 4.78 is 0. The first-order chi connectivity index (χ1) is 6.65. The Morgan fingerprint density at radius 1 is 1.86 bits per heavy atom. The van der Waals surface area contributed by atoms with Crippen molar-refractivity contribution in [2.24, 2.45) is 0 Å². The predicted octanol–water partition coefficient (Wildman–Crippen LogP) is 2.00. The lowest BCUT2D eigenvalue weighted by Crippen LogP contribution is -2.13. The zero-order chi connectivity index (χ0) is 10.6. The third-order valence-electron chi connectivity index (χ3n) is 1.72. The lowest BCUT2D eigenvalue weighted by molar-refractivity contribution is 0.0692. The van der Waals surface area contributed by atoms with Gasteiger partial charge in [-0.2, -0.15) is 11.8 Å². The molecule has 0 radical (unpaired) electrons. The second kappa shape index (κ2) is 5.21. The summed E-state index contributed by atoms with van der Waals surface area (Å²) >= 11 is 3.05. The highest BCUT2D eigenvalue weighted by atomic mass is 32.2. The van der Waals surface area contributed by atoms with Crippen molar-refractivity contribution in [3.05, 3.63) is 11.2 Å². The van der Waals surface area contributed by atoms with E-state index in [-0.39, 0.29) is 5.69 Å². The van der Waals surface area contributed by atoms with E-state index in [0.29, 0.717) is 10.3 Å². The van der Waals surface area contributed by atoms with Gasteiger partial charge in [0.1, 0.15) is 5.00 Å². The fourth-order valence-electron chi connectivity index (χ4n) is 0.844. The Kier molecular flexibility index (Phi) is 4.21. The predicted molar refractivity (Wildman–Crippen MR) is 60.5 cm³/mol. The minimum absolute atomic E-state index is 0.114. The van der Waals surface area contributed by atoms with Crippen LogP contribution in [0.4, 0.5) is 5.00 Å². The highest BCUT2D eigenvalue weighted by Gasteiger charge is 2.13. The molecule has 78 valence electrons. The minimum Gasteiger partial charge on any atom is -0.476 e. The molecule has 1 rings (SSSR count). The van der Waals surface area contributed by atoms with Crippen molar-refractivity contribution in [3.63, 3.8) is 0 Å². The van der Waals surface area contributed by atoms with E-state index >= 15 is 0 Å². The second-order valence-electron chi connectivity index (χ2n) is 2.76. The number of rotatable bonds is 5. The van der Waals surface area contributed by atoms with Gasteiger partial charge in [0, 0.05) is 11.8 Å². The van der Waals surface area contributed by atoms with Gasteiger partial charge in [-0.3, -0.25) is 0 Å². The number of hydrogen-bond donors (Lipinski definition) is 2. The largest absolute Gasteiger partial charge is 0.476 e. The maximum absolute atomic E-state index is 10.7. The number of nitrogens with zero attached hydrogens (tertiary/aromatic N) is 1. The molecule has 0 aliphatic carbocycles. The van der Waals surface area contributed by atoms with Crippen molar-refractivity contribution in [2.45, 2.75) is 12.2 Å². The average molecular weight is 232 g/mol. The molecular formula is C8H12N2O2S2. The number of anilines is 1. The summed E-state index contributed by atoms with van der Waals surface area (Å²) in [7, 11) is 0. The van der Waals surface area contributed by atoms with Gasteiger partial charge < -0.3 is 10.4 Å². The first-order valence-corrected chi connectivity index (χ1v) is 6.25. The van der Waals surface area contributed by atoms with E-state index in [4.69, 9.17) is 5.11 Å². The number of nitrogens with one attached hydrogen (secondary N) is 1. The van der Waals surface area contributed by atoms with Crippen LogP contribution in [0.3, 0.4) is 0 Å². The van der Waals surface area contributed by atoms with E-state index < -0.39 is 5.97 Å². The number of carboxylic acid groups (broad SMARTS) is 1. The molecule has 0 saturated carbocycles. The molecule has 0 saturated heterocycles. The Bertz CT molecular complexity index is 314. The summed E-state index contributed by atoms with van der Waals surface area (Å²) in [6, 6.07) is 0. The minimum atomic E-state index is -0.981. The maximum Gasteiger partial charge on any atom is 0.357 e. The fourth-order valence-corrected chi connectivity index (χ4v) is 1.78. The number of carbonyl (C=O) groups is 1. The molecule has 0 amide bonds. The fraction of sp³-hybridized carbons (Fsp3) is 0.500. The van der Waals surface area contributed by atoms with Gasteiger partial charge >= 0.3 is 5.97 Å². The Balaban J connectivity index is 2.58. The van der Waals surface area contributed by atoms with Gasteiger partial charge in [0.05, 0.1) is 5.51 Å². The molecule has 2 N–H and O–H groups in total. The third-order valence-corrected chi connectivity index (χ3v) is 3.48. The molecule has 0 aliphatic rings. The summed E-state index contributed by atoms with van der Waals surface area (Å²) in [5.41, 5.74) is 1.65. The van der Waals surface area contributed by atoms with Crippen LogP contribution in [0.2, 0.25) is 0 Å². The molecule has 6 heteroatoms. The van der Waals surface area contributed by atoms with Gasteiger partial charge in [0.25, 0.3) is 0 Å². The number of carboxylic acids is 1. The third kappa shape index (κ3) is 2.88. The summed E-state index contributed by atoms with van der Waals surface area (Å²) in [6.07, 6.45) is 2.02. The molecule has 1 aromatic heterocycles. The molecule has 4 nitrogen and oxygen atoms in total. The summed E-state index contributed by atoms with van der Waals surface area (Å²) in [5.74, 6) is -0.981. The number of thioether (sulfide) groups is 1. The van der Waals surface area contributed by atoms with Gasteiger partial charge in [-0.1, -0.05) is 6.92 Å². The first-order valence-electron chi connectivity index (χ1n) is 4.08. The number of thiazole rings is 1. The van der Waals surface area contributed by atoms with E-state index in [1.54, 1.807) is 11.8 Å². The van der Waals surface area contributed by atoms with E-state index in [1.807, 2.05) is 6.26 Å². The highest BCUT2D eigenvalue weighted by molar-refractivity contribution is 7.99. The topological polar surface area (TPSA) is 62.2 Å². The van der Waals surface area contributed by atoms with Crippen LogP contribution in [0.25, 0.3) is 0 Å².